The number of carbonyl (C=O) groups is 1. The number of aliphatic hydroxyl groups excluding tert-OH is 1. The quantitative estimate of drug-likeness (QED) is 0.837. The Hall–Kier alpha value is -1.53. The summed E-state index contributed by atoms with van der Waals surface area (Å²) < 4.78 is 5.77. The number of ether oxygens (including phenoxy) is 1. The normalized spacial score (nSPS) is 30.8. The summed E-state index contributed by atoms with van der Waals surface area (Å²) >= 11 is 5.95. The molecule has 0 bridgehead atoms. The van der Waals surface area contributed by atoms with E-state index in [2.05, 4.69) is 9.88 Å². The largest absolute Gasteiger partial charge is 0.488 e. The van der Waals surface area contributed by atoms with Crippen LogP contribution < -0.4 is 9.64 Å². The predicted octanol–water partition coefficient (Wildman–Crippen LogP) is 1.06. The number of aromatic nitrogens is 1. The molecule has 1 aromatic heterocycles. The van der Waals surface area contributed by atoms with Gasteiger partial charge in [0.25, 0.3) is 0 Å². The number of anilines is 1. The first-order chi connectivity index (χ1) is 10.6. The fourth-order valence-electron chi connectivity index (χ4n) is 3.73. The lowest BCUT2D eigenvalue weighted by Crippen LogP contribution is -2.61. The van der Waals surface area contributed by atoms with Gasteiger partial charge in [0.05, 0.1) is 23.2 Å². The highest BCUT2D eigenvalue weighted by Crippen LogP contribution is 2.38. The smallest absolute Gasteiger partial charge is 0.222 e. The highest BCUT2D eigenvalue weighted by Gasteiger charge is 2.43. The number of carbonyl (C=O) groups excluding carboxylic acids is 1. The van der Waals surface area contributed by atoms with E-state index < -0.39 is 6.10 Å². The first kappa shape index (κ1) is 14.1. The van der Waals surface area contributed by atoms with Crippen molar-refractivity contribution in [2.45, 2.75) is 37.5 Å². The molecule has 2 fully saturated rings. The van der Waals surface area contributed by atoms with Gasteiger partial charge in [-0.2, -0.15) is 0 Å². The Balaban J connectivity index is 1.59. The summed E-state index contributed by atoms with van der Waals surface area (Å²) in [5.74, 6) is 1.54. The van der Waals surface area contributed by atoms with Gasteiger partial charge in [0, 0.05) is 31.8 Å². The van der Waals surface area contributed by atoms with Crippen LogP contribution in [0, 0.1) is 0 Å². The second-order valence-electron chi connectivity index (χ2n) is 6.15. The number of amides is 1. The number of hydrogen-bond acceptors (Lipinski definition) is 5. The van der Waals surface area contributed by atoms with Crippen molar-refractivity contribution in [2.24, 2.45) is 0 Å². The van der Waals surface area contributed by atoms with E-state index in [9.17, 15) is 9.90 Å². The van der Waals surface area contributed by atoms with E-state index >= 15 is 0 Å². The van der Waals surface area contributed by atoms with Gasteiger partial charge >= 0.3 is 0 Å². The average Bonchev–Trinajstić information content (AvgIpc) is 2.92. The SMILES string of the molecule is O=C1CCCN1C1CC2COc3cc(Cl)cnc3N2CC1O. The van der Waals surface area contributed by atoms with Crippen LogP contribution in [0.15, 0.2) is 12.3 Å². The van der Waals surface area contributed by atoms with Crippen molar-refractivity contribution in [1.29, 1.82) is 0 Å². The lowest BCUT2D eigenvalue weighted by molar-refractivity contribution is -0.132. The first-order valence-electron chi connectivity index (χ1n) is 7.66. The van der Waals surface area contributed by atoms with Crippen LogP contribution in [0.4, 0.5) is 5.82 Å². The Morgan fingerprint density at radius 2 is 2.27 bits per heavy atom. The minimum Gasteiger partial charge on any atom is -0.488 e. The maximum absolute atomic E-state index is 12.0. The van der Waals surface area contributed by atoms with Gasteiger partial charge in [-0.25, -0.2) is 4.98 Å². The van der Waals surface area contributed by atoms with Crippen LogP contribution in [-0.2, 0) is 4.79 Å². The Labute approximate surface area is 133 Å². The summed E-state index contributed by atoms with van der Waals surface area (Å²) in [4.78, 5) is 20.2. The van der Waals surface area contributed by atoms with Crippen LogP contribution in [0.1, 0.15) is 19.3 Å². The van der Waals surface area contributed by atoms with Crippen molar-refractivity contribution in [3.8, 4) is 5.75 Å². The summed E-state index contributed by atoms with van der Waals surface area (Å²) in [6.45, 7) is 1.74. The third-order valence-electron chi connectivity index (χ3n) is 4.80. The second-order valence-corrected chi connectivity index (χ2v) is 6.59. The van der Waals surface area contributed by atoms with Crippen LogP contribution in [0.3, 0.4) is 0 Å². The van der Waals surface area contributed by atoms with Gasteiger partial charge in [-0.05, 0) is 12.8 Å². The lowest BCUT2D eigenvalue weighted by atomic mass is 9.93. The minimum atomic E-state index is -0.568. The van der Waals surface area contributed by atoms with Gasteiger partial charge in [0.15, 0.2) is 11.6 Å². The highest BCUT2D eigenvalue weighted by atomic mass is 35.5. The molecule has 1 N–H and O–H groups in total. The molecule has 22 heavy (non-hydrogen) atoms. The van der Waals surface area contributed by atoms with Crippen molar-refractivity contribution in [2.75, 3.05) is 24.6 Å². The van der Waals surface area contributed by atoms with Crippen LogP contribution >= 0.6 is 11.6 Å². The molecule has 3 aliphatic rings. The Kier molecular flexibility index (Phi) is 3.38. The zero-order valence-electron chi connectivity index (χ0n) is 12.1. The average molecular weight is 324 g/mol. The van der Waals surface area contributed by atoms with E-state index in [0.29, 0.717) is 36.8 Å². The van der Waals surface area contributed by atoms with E-state index in [1.807, 2.05) is 4.90 Å². The van der Waals surface area contributed by atoms with E-state index in [1.54, 1.807) is 12.3 Å². The predicted molar refractivity (Wildman–Crippen MR) is 81.2 cm³/mol. The number of pyridine rings is 1. The summed E-state index contributed by atoms with van der Waals surface area (Å²) in [5.41, 5.74) is 0. The molecular formula is C15H18ClN3O3. The fraction of sp³-hybridized carbons (Fsp3) is 0.600. The molecule has 7 heteroatoms. The van der Waals surface area contributed by atoms with Crippen molar-refractivity contribution >= 4 is 23.3 Å². The van der Waals surface area contributed by atoms with Gasteiger partial charge in [0.2, 0.25) is 5.91 Å². The molecular weight excluding hydrogens is 306 g/mol. The van der Waals surface area contributed by atoms with E-state index in [1.165, 1.54) is 0 Å². The summed E-state index contributed by atoms with van der Waals surface area (Å²) in [5, 5.41) is 11.1. The number of fused-ring (bicyclic) bond motifs is 3. The molecule has 2 saturated heterocycles. The minimum absolute atomic E-state index is 0.117. The van der Waals surface area contributed by atoms with Gasteiger partial charge in [-0.3, -0.25) is 4.79 Å². The molecule has 0 aromatic carbocycles. The second kappa shape index (κ2) is 5.28. The topological polar surface area (TPSA) is 65.9 Å². The molecule has 118 valence electrons. The third kappa shape index (κ3) is 2.21. The Morgan fingerprint density at radius 1 is 1.41 bits per heavy atom. The monoisotopic (exact) mass is 323 g/mol. The molecule has 0 spiro atoms. The summed E-state index contributed by atoms with van der Waals surface area (Å²) in [6.07, 6.45) is 3.21. The van der Waals surface area contributed by atoms with Gasteiger partial charge in [-0.1, -0.05) is 11.6 Å². The lowest BCUT2D eigenvalue weighted by Gasteiger charge is -2.47. The van der Waals surface area contributed by atoms with Crippen LogP contribution in [0.5, 0.6) is 5.75 Å². The highest BCUT2D eigenvalue weighted by molar-refractivity contribution is 6.30. The van der Waals surface area contributed by atoms with E-state index in [-0.39, 0.29) is 18.0 Å². The number of rotatable bonds is 1. The van der Waals surface area contributed by atoms with Gasteiger partial charge in [0.1, 0.15) is 6.61 Å². The molecule has 3 atom stereocenters. The van der Waals surface area contributed by atoms with Crippen molar-refractivity contribution in [3.05, 3.63) is 17.3 Å². The zero-order valence-corrected chi connectivity index (χ0v) is 12.9. The molecule has 3 unspecified atom stereocenters. The van der Waals surface area contributed by atoms with Crippen LogP contribution in [0.2, 0.25) is 5.02 Å². The van der Waals surface area contributed by atoms with E-state index in [0.717, 1.165) is 18.8 Å². The van der Waals surface area contributed by atoms with Gasteiger partial charge < -0.3 is 19.6 Å². The van der Waals surface area contributed by atoms with Crippen LogP contribution in [0.25, 0.3) is 0 Å². The molecule has 0 aliphatic carbocycles. The maximum atomic E-state index is 12.0. The molecule has 6 nitrogen and oxygen atoms in total. The summed E-state index contributed by atoms with van der Waals surface area (Å²) in [6, 6.07) is 1.76. The molecule has 3 aliphatic heterocycles. The van der Waals surface area contributed by atoms with Crippen molar-refractivity contribution in [3.63, 3.8) is 0 Å². The number of halogens is 1. The molecule has 4 rings (SSSR count). The van der Waals surface area contributed by atoms with E-state index in [4.69, 9.17) is 16.3 Å². The number of likely N-dealkylation sites (tertiary alicyclic amines) is 1. The Morgan fingerprint density at radius 3 is 3.05 bits per heavy atom. The number of nitrogens with zero attached hydrogens (tertiary/aromatic N) is 3. The third-order valence-corrected chi connectivity index (χ3v) is 5.00. The van der Waals surface area contributed by atoms with Crippen LogP contribution in [-0.4, -0.2) is 58.8 Å². The number of piperidine rings is 1. The molecule has 1 amide bonds. The fourth-order valence-corrected chi connectivity index (χ4v) is 3.88. The Bertz CT molecular complexity index is 612. The molecule has 4 heterocycles. The maximum Gasteiger partial charge on any atom is 0.222 e. The standard InChI is InChI=1S/C15H18ClN3O3/c16-9-4-13-15(17-6-9)19-7-12(20)11(5-10(19)8-22-13)18-3-1-2-14(18)21/h4,6,10-12,20H,1-3,5,7-8H2. The molecule has 1 aromatic rings. The summed E-state index contributed by atoms with van der Waals surface area (Å²) in [7, 11) is 0. The van der Waals surface area contributed by atoms with Gasteiger partial charge in [-0.15, -0.1) is 0 Å². The number of hydrogen-bond donors (Lipinski definition) is 1. The van der Waals surface area contributed by atoms with Crippen molar-refractivity contribution < 1.29 is 14.6 Å². The van der Waals surface area contributed by atoms with Crippen molar-refractivity contribution in [1.82, 2.24) is 9.88 Å². The number of aliphatic hydroxyl groups is 1. The zero-order chi connectivity index (χ0) is 15.3. The first-order valence-corrected chi connectivity index (χ1v) is 8.04. The molecule has 0 radical (unpaired) electrons. The molecule has 0 saturated carbocycles.